The van der Waals surface area contributed by atoms with Crippen molar-refractivity contribution in [2.75, 3.05) is 44.8 Å². The Labute approximate surface area is 98.9 Å². The number of aliphatic hydroxyl groups excluding tert-OH is 1. The van der Waals surface area contributed by atoms with Crippen molar-refractivity contribution < 1.29 is 17.7 Å². The highest BCUT2D eigenvalue weighted by molar-refractivity contribution is 7.87. The third-order valence-electron chi connectivity index (χ3n) is 2.49. The number of nitrogens with zero attached hydrogens (tertiary/aromatic N) is 2. The largest absolute Gasteiger partial charge is 0.396 e. The maximum Gasteiger partial charge on any atom is 0.281 e. The molecule has 16 heavy (non-hydrogen) atoms. The molecule has 96 valence electrons. The summed E-state index contributed by atoms with van der Waals surface area (Å²) in [5.74, 6) is 0.820. The van der Waals surface area contributed by atoms with E-state index in [1.54, 1.807) is 0 Å². The van der Waals surface area contributed by atoms with Gasteiger partial charge in [-0.2, -0.15) is 17.0 Å². The Morgan fingerprint density at radius 3 is 2.44 bits per heavy atom. The highest BCUT2D eigenvalue weighted by atomic mass is 32.2. The van der Waals surface area contributed by atoms with E-state index in [0.717, 1.165) is 0 Å². The molecule has 0 aromatic rings. The number of hydrogen-bond donors (Lipinski definition) is 1. The van der Waals surface area contributed by atoms with Crippen molar-refractivity contribution in [2.24, 2.45) is 0 Å². The smallest absolute Gasteiger partial charge is 0.281 e. The SMILES string of the molecule is CN(CCCO)S(=O)(=O)N1CCS(=O)CC1. The molecule has 0 aromatic carbocycles. The van der Waals surface area contributed by atoms with Crippen LogP contribution in [0.2, 0.25) is 0 Å². The molecule has 1 rings (SSSR count). The molecule has 1 aliphatic heterocycles. The van der Waals surface area contributed by atoms with E-state index in [1.165, 1.54) is 15.7 Å². The molecular weight excluding hydrogens is 252 g/mol. The minimum Gasteiger partial charge on any atom is -0.396 e. The molecule has 1 N–H and O–H groups in total. The van der Waals surface area contributed by atoms with Gasteiger partial charge in [-0.3, -0.25) is 4.21 Å². The van der Waals surface area contributed by atoms with Gasteiger partial charge in [0.2, 0.25) is 0 Å². The topological polar surface area (TPSA) is 77.9 Å². The summed E-state index contributed by atoms with van der Waals surface area (Å²) in [5.41, 5.74) is 0. The van der Waals surface area contributed by atoms with Crippen LogP contribution < -0.4 is 0 Å². The highest BCUT2D eigenvalue weighted by Gasteiger charge is 2.29. The summed E-state index contributed by atoms with van der Waals surface area (Å²) in [6.07, 6.45) is 0.426. The van der Waals surface area contributed by atoms with E-state index in [4.69, 9.17) is 5.11 Å². The van der Waals surface area contributed by atoms with Crippen LogP contribution in [-0.4, -0.2) is 71.1 Å². The molecule has 0 amide bonds. The van der Waals surface area contributed by atoms with Gasteiger partial charge >= 0.3 is 0 Å². The highest BCUT2D eigenvalue weighted by Crippen LogP contribution is 2.10. The van der Waals surface area contributed by atoms with Crippen LogP contribution in [0.4, 0.5) is 0 Å². The molecule has 6 nitrogen and oxygen atoms in total. The van der Waals surface area contributed by atoms with Crippen LogP contribution in [0.25, 0.3) is 0 Å². The van der Waals surface area contributed by atoms with Gasteiger partial charge < -0.3 is 5.11 Å². The minimum atomic E-state index is -3.44. The fourth-order valence-electron chi connectivity index (χ4n) is 1.46. The van der Waals surface area contributed by atoms with E-state index in [-0.39, 0.29) is 6.61 Å². The van der Waals surface area contributed by atoms with Gasteiger partial charge in [0.15, 0.2) is 0 Å². The van der Waals surface area contributed by atoms with Gasteiger partial charge in [0.05, 0.1) is 0 Å². The summed E-state index contributed by atoms with van der Waals surface area (Å²) in [5, 5.41) is 8.65. The van der Waals surface area contributed by atoms with Gasteiger partial charge in [0.1, 0.15) is 0 Å². The maximum atomic E-state index is 12.0. The van der Waals surface area contributed by atoms with Crippen LogP contribution in [0.5, 0.6) is 0 Å². The van der Waals surface area contributed by atoms with Crippen molar-refractivity contribution in [3.63, 3.8) is 0 Å². The van der Waals surface area contributed by atoms with E-state index >= 15 is 0 Å². The fraction of sp³-hybridized carbons (Fsp3) is 1.00. The number of aliphatic hydroxyl groups is 1. The second-order valence-corrected chi connectivity index (χ2v) is 7.39. The first kappa shape index (κ1) is 14.0. The molecule has 0 aromatic heterocycles. The second kappa shape index (κ2) is 6.06. The van der Waals surface area contributed by atoms with Gasteiger partial charge in [0.25, 0.3) is 10.2 Å². The lowest BCUT2D eigenvalue weighted by atomic mass is 10.5. The molecule has 8 heteroatoms. The summed E-state index contributed by atoms with van der Waals surface area (Å²) >= 11 is 0. The molecule has 0 unspecified atom stereocenters. The van der Waals surface area contributed by atoms with Crippen molar-refractivity contribution in [3.05, 3.63) is 0 Å². The van der Waals surface area contributed by atoms with Gasteiger partial charge in [-0.05, 0) is 6.42 Å². The van der Waals surface area contributed by atoms with E-state index in [0.29, 0.717) is 37.6 Å². The molecule has 0 aliphatic carbocycles. The van der Waals surface area contributed by atoms with Crippen molar-refractivity contribution in [2.45, 2.75) is 6.42 Å². The Balaban J connectivity index is 2.59. The van der Waals surface area contributed by atoms with Crippen molar-refractivity contribution in [3.8, 4) is 0 Å². The summed E-state index contributed by atoms with van der Waals surface area (Å²) < 4.78 is 37.6. The Bertz CT molecular complexity index is 334. The van der Waals surface area contributed by atoms with E-state index < -0.39 is 21.0 Å². The molecule has 0 saturated carbocycles. The zero-order valence-electron chi connectivity index (χ0n) is 9.33. The standard InChI is InChI=1S/C8H18N2O4S2/c1-9(3-2-6-11)16(13,14)10-4-7-15(12)8-5-10/h11H,2-8H2,1H3. The van der Waals surface area contributed by atoms with Gasteiger partial charge in [-0.1, -0.05) is 0 Å². The molecule has 0 radical (unpaired) electrons. The normalized spacial score (nSPS) is 20.4. The van der Waals surface area contributed by atoms with Crippen molar-refractivity contribution in [1.82, 2.24) is 8.61 Å². The fourth-order valence-corrected chi connectivity index (χ4v) is 4.14. The summed E-state index contributed by atoms with van der Waals surface area (Å²) in [7, 11) is -2.82. The van der Waals surface area contributed by atoms with E-state index in [9.17, 15) is 12.6 Å². The van der Waals surface area contributed by atoms with E-state index in [1.807, 2.05) is 0 Å². The van der Waals surface area contributed by atoms with Crippen LogP contribution >= 0.6 is 0 Å². The van der Waals surface area contributed by atoms with Gasteiger partial charge in [0, 0.05) is 55.6 Å². The Morgan fingerprint density at radius 2 is 1.94 bits per heavy atom. The first-order chi connectivity index (χ1) is 7.48. The van der Waals surface area contributed by atoms with Crippen molar-refractivity contribution >= 4 is 21.0 Å². The molecular formula is C8H18N2O4S2. The number of rotatable bonds is 5. The van der Waals surface area contributed by atoms with Crippen molar-refractivity contribution in [1.29, 1.82) is 0 Å². The first-order valence-corrected chi connectivity index (χ1v) is 8.04. The van der Waals surface area contributed by atoms with Crippen LogP contribution in [0.3, 0.4) is 0 Å². The molecule has 0 atom stereocenters. The van der Waals surface area contributed by atoms with Gasteiger partial charge in [-0.15, -0.1) is 0 Å². The molecule has 1 aliphatic rings. The lowest BCUT2D eigenvalue weighted by molar-refractivity contribution is 0.271. The molecule has 0 spiro atoms. The minimum absolute atomic E-state index is 0.0239. The van der Waals surface area contributed by atoms with Crippen LogP contribution in [0, 0.1) is 0 Å². The summed E-state index contributed by atoms with van der Waals surface area (Å²) in [4.78, 5) is 0. The first-order valence-electron chi connectivity index (χ1n) is 5.15. The quantitative estimate of drug-likeness (QED) is 0.667. The van der Waals surface area contributed by atoms with Crippen LogP contribution in [-0.2, 0) is 21.0 Å². The zero-order valence-corrected chi connectivity index (χ0v) is 11.0. The average molecular weight is 270 g/mol. The third-order valence-corrected chi connectivity index (χ3v) is 5.75. The average Bonchev–Trinajstić information content (AvgIpc) is 2.26. The maximum absolute atomic E-state index is 12.0. The summed E-state index contributed by atoms with van der Waals surface area (Å²) in [6, 6.07) is 0. The van der Waals surface area contributed by atoms with E-state index in [2.05, 4.69) is 0 Å². The molecule has 1 heterocycles. The lowest BCUT2D eigenvalue weighted by Gasteiger charge is -2.29. The third kappa shape index (κ3) is 3.49. The predicted octanol–water partition coefficient (Wildman–Crippen LogP) is -1.39. The Kier molecular flexibility index (Phi) is 5.32. The zero-order chi connectivity index (χ0) is 12.2. The second-order valence-electron chi connectivity index (χ2n) is 3.65. The lowest BCUT2D eigenvalue weighted by Crippen LogP contribution is -2.48. The molecule has 1 fully saturated rings. The monoisotopic (exact) mass is 270 g/mol. The summed E-state index contributed by atoms with van der Waals surface area (Å²) in [6.45, 7) is 0.916. The molecule has 1 saturated heterocycles. The molecule has 0 bridgehead atoms. The number of hydrogen-bond acceptors (Lipinski definition) is 4. The van der Waals surface area contributed by atoms with Crippen LogP contribution in [0.1, 0.15) is 6.42 Å². The Hall–Kier alpha value is -0.0200. The predicted molar refractivity (Wildman–Crippen MR) is 62.7 cm³/mol. The Morgan fingerprint density at radius 1 is 1.38 bits per heavy atom. The van der Waals surface area contributed by atoms with Crippen LogP contribution in [0.15, 0.2) is 0 Å². The van der Waals surface area contributed by atoms with Gasteiger partial charge in [-0.25, -0.2) is 0 Å².